The van der Waals surface area contributed by atoms with Crippen LogP contribution in [0.15, 0.2) is 18.3 Å². The summed E-state index contributed by atoms with van der Waals surface area (Å²) in [6, 6.07) is 5.16. The zero-order valence-electron chi connectivity index (χ0n) is 42.3. The summed E-state index contributed by atoms with van der Waals surface area (Å²) >= 11 is 0. The Kier molecular flexibility index (Phi) is 17.6. The van der Waals surface area contributed by atoms with Crippen molar-refractivity contribution in [3.8, 4) is 0 Å². The van der Waals surface area contributed by atoms with E-state index in [1.54, 1.807) is 0 Å². The number of ether oxygens (including phenoxy) is 1. The fraction of sp³-hybridized carbons (Fsp3) is 0.840. The molecule has 8 nitrogen and oxygen atoms in total. The third-order valence-electron chi connectivity index (χ3n) is 11.2. The molecule has 3 unspecified atom stereocenters. The predicted octanol–water partition coefficient (Wildman–Crippen LogP) is 11.8. The number of nitrogens with zero attached hydrogens (tertiary/aromatic N) is 4. The van der Waals surface area contributed by atoms with Crippen LogP contribution < -0.4 is 0 Å². The van der Waals surface area contributed by atoms with Gasteiger partial charge in [0.15, 0.2) is 0 Å². The second-order valence-electron chi connectivity index (χ2n) is 25.3. The zero-order valence-corrected chi connectivity index (χ0v) is 42.3. The molecule has 1 aromatic rings. The molecule has 3 aliphatic rings. The number of hydrogen-bond acceptors (Lipinski definition) is 5. The third-order valence-corrected chi connectivity index (χ3v) is 11.2. The quantitative estimate of drug-likeness (QED) is 0.261. The molecule has 0 bridgehead atoms. The van der Waals surface area contributed by atoms with Crippen molar-refractivity contribution in [2.24, 2.45) is 16.2 Å². The lowest BCUT2D eigenvalue weighted by molar-refractivity contribution is -0.162. The van der Waals surface area contributed by atoms with Crippen LogP contribution in [0.25, 0.3) is 0 Å². The Morgan fingerprint density at radius 3 is 1.24 bits per heavy atom. The summed E-state index contributed by atoms with van der Waals surface area (Å²) in [5.74, 6) is 0.750. The van der Waals surface area contributed by atoms with E-state index in [4.69, 9.17) is 4.74 Å². The number of amides is 3. The Morgan fingerprint density at radius 1 is 0.517 bits per heavy atom. The number of likely N-dealkylation sites (tertiary alicyclic amines) is 2. The Labute approximate surface area is 358 Å². The molecule has 4 rings (SSSR count). The van der Waals surface area contributed by atoms with E-state index in [9.17, 15) is 14.4 Å². The van der Waals surface area contributed by atoms with Crippen molar-refractivity contribution in [2.75, 3.05) is 13.2 Å². The van der Waals surface area contributed by atoms with E-state index in [2.05, 4.69) is 187 Å². The molecule has 4 heterocycles. The number of rotatable bonds is 0. The van der Waals surface area contributed by atoms with Crippen molar-refractivity contribution in [2.45, 2.75) is 244 Å². The summed E-state index contributed by atoms with van der Waals surface area (Å²) in [5.41, 5.74) is 3.10. The molecule has 58 heavy (non-hydrogen) atoms. The van der Waals surface area contributed by atoms with Crippen LogP contribution in [0.2, 0.25) is 0 Å². The molecular formula is C50H92N4O4. The molecule has 3 saturated heterocycles. The van der Waals surface area contributed by atoms with Crippen LogP contribution in [0.4, 0.5) is 0 Å². The standard InChI is InChI=1S/C13H25NO.C13H21N.C12H23NO2.C12H23NO/c1-12(2,3)10-8-7-9-11(15)14(10)13(4,5)6;1-12(2,3)10-8-7-9-14-11(10)13(4,5)6;1-11(2,3)9-7-15-8-10(14)13(9)12(4,5)6;1-11(2,3)9-7-8-10(14)13(9)12(4,5)6/h10H,7-9H2,1-6H3;7-9H,1-6H3;9H,7-8H2,1-6H3;9H,7-8H2,1-6H3. The van der Waals surface area contributed by atoms with Crippen molar-refractivity contribution in [3.05, 3.63) is 29.6 Å². The highest BCUT2D eigenvalue weighted by Crippen LogP contribution is 2.39. The number of aromatic nitrogens is 1. The molecule has 0 radical (unpaired) electrons. The fourth-order valence-electron chi connectivity index (χ4n) is 8.54. The molecule has 3 amide bonds. The van der Waals surface area contributed by atoms with Crippen LogP contribution in [-0.4, -0.2) is 85.4 Å². The summed E-state index contributed by atoms with van der Waals surface area (Å²) in [6.07, 6.45) is 6.54. The molecule has 0 N–H and O–H groups in total. The van der Waals surface area contributed by atoms with Crippen molar-refractivity contribution in [1.82, 2.24) is 19.7 Å². The average molecular weight is 813 g/mol. The fourth-order valence-corrected chi connectivity index (χ4v) is 8.54. The highest BCUT2D eigenvalue weighted by Gasteiger charge is 2.44. The second-order valence-corrected chi connectivity index (χ2v) is 25.3. The monoisotopic (exact) mass is 813 g/mol. The normalized spacial score (nSPS) is 21.8. The van der Waals surface area contributed by atoms with Gasteiger partial charge in [-0.3, -0.25) is 19.4 Å². The minimum Gasteiger partial charge on any atom is -0.369 e. The molecular weight excluding hydrogens is 721 g/mol. The minimum atomic E-state index is -0.126. The van der Waals surface area contributed by atoms with E-state index in [0.717, 1.165) is 32.1 Å². The SMILES string of the molecule is CC(C)(C)C1CCC(=O)N1C(C)(C)C.CC(C)(C)C1CCCC(=O)N1C(C)(C)C.CC(C)(C)C1COCC(=O)N1C(C)(C)C.CC(C)(C)c1cccnc1C(C)(C)C. The Balaban J connectivity index is 0.000000387. The number of carbonyl (C=O) groups excluding carboxylic acids is 3. The van der Waals surface area contributed by atoms with Crippen LogP contribution in [0.5, 0.6) is 0 Å². The maximum Gasteiger partial charge on any atom is 0.249 e. The van der Waals surface area contributed by atoms with Crippen molar-refractivity contribution >= 4 is 17.7 Å². The van der Waals surface area contributed by atoms with Gasteiger partial charge in [0.1, 0.15) is 6.61 Å². The van der Waals surface area contributed by atoms with E-state index in [0.29, 0.717) is 30.5 Å². The van der Waals surface area contributed by atoms with Gasteiger partial charge < -0.3 is 19.4 Å². The van der Waals surface area contributed by atoms with Crippen LogP contribution in [0.1, 0.15) is 210 Å². The lowest BCUT2D eigenvalue weighted by Crippen LogP contribution is -2.61. The van der Waals surface area contributed by atoms with Gasteiger partial charge in [0.2, 0.25) is 17.7 Å². The predicted molar refractivity (Wildman–Crippen MR) is 245 cm³/mol. The first-order valence-corrected chi connectivity index (χ1v) is 22.1. The summed E-state index contributed by atoms with van der Waals surface area (Å²) < 4.78 is 5.36. The molecule has 1 aromatic heterocycles. The maximum absolute atomic E-state index is 12.0. The lowest BCUT2D eigenvalue weighted by Gasteiger charge is -2.50. The highest BCUT2D eigenvalue weighted by molar-refractivity contribution is 5.80. The van der Waals surface area contributed by atoms with Crippen LogP contribution in [0, 0.1) is 16.2 Å². The lowest BCUT2D eigenvalue weighted by atomic mass is 9.78. The minimum absolute atomic E-state index is 0.0362. The molecule has 3 atom stereocenters. The van der Waals surface area contributed by atoms with Gasteiger partial charge in [-0.25, -0.2) is 0 Å². The summed E-state index contributed by atoms with van der Waals surface area (Å²) in [6.45, 7) is 53.0. The summed E-state index contributed by atoms with van der Waals surface area (Å²) in [7, 11) is 0. The number of pyridine rings is 1. The number of piperidine rings is 1. The average Bonchev–Trinajstić information content (AvgIpc) is 3.42. The van der Waals surface area contributed by atoms with Crippen molar-refractivity contribution in [3.63, 3.8) is 0 Å². The van der Waals surface area contributed by atoms with Crippen LogP contribution >= 0.6 is 0 Å². The molecule has 336 valence electrons. The van der Waals surface area contributed by atoms with Gasteiger partial charge in [-0.1, -0.05) is 110 Å². The Morgan fingerprint density at radius 2 is 0.914 bits per heavy atom. The van der Waals surface area contributed by atoms with E-state index in [1.165, 1.54) is 11.3 Å². The molecule has 3 fully saturated rings. The van der Waals surface area contributed by atoms with Gasteiger partial charge in [-0.2, -0.15) is 0 Å². The van der Waals surface area contributed by atoms with Crippen molar-refractivity contribution < 1.29 is 19.1 Å². The smallest absolute Gasteiger partial charge is 0.249 e. The van der Waals surface area contributed by atoms with Gasteiger partial charge in [0.25, 0.3) is 0 Å². The van der Waals surface area contributed by atoms with Crippen molar-refractivity contribution in [1.29, 1.82) is 0 Å². The third kappa shape index (κ3) is 15.5. The van der Waals surface area contributed by atoms with Crippen LogP contribution in [0.3, 0.4) is 0 Å². The van der Waals surface area contributed by atoms with Crippen LogP contribution in [-0.2, 0) is 30.0 Å². The van der Waals surface area contributed by atoms with E-state index >= 15 is 0 Å². The van der Waals surface area contributed by atoms with Gasteiger partial charge in [0.05, 0.1) is 12.6 Å². The molecule has 0 spiro atoms. The molecule has 0 aliphatic carbocycles. The molecule has 0 aromatic carbocycles. The van der Waals surface area contributed by atoms with Gasteiger partial charge in [0, 0.05) is 58.8 Å². The number of carbonyl (C=O) groups is 3. The topological polar surface area (TPSA) is 83.1 Å². The summed E-state index contributed by atoms with van der Waals surface area (Å²) in [5, 5.41) is 0. The first-order valence-electron chi connectivity index (χ1n) is 22.1. The maximum atomic E-state index is 12.0. The first kappa shape index (κ1) is 53.5. The second kappa shape index (κ2) is 19.1. The Bertz CT molecular complexity index is 1400. The molecule has 3 aliphatic heterocycles. The van der Waals surface area contributed by atoms with E-state index < -0.39 is 0 Å². The largest absolute Gasteiger partial charge is 0.369 e. The highest BCUT2D eigenvalue weighted by atomic mass is 16.5. The number of hydrogen-bond donors (Lipinski definition) is 0. The molecule has 0 saturated carbocycles. The zero-order chi connectivity index (χ0) is 45.8. The van der Waals surface area contributed by atoms with Gasteiger partial charge in [-0.15, -0.1) is 0 Å². The first-order chi connectivity index (χ1) is 25.6. The Hall–Kier alpha value is -2.48. The van der Waals surface area contributed by atoms with E-state index in [-0.39, 0.29) is 62.2 Å². The molecule has 8 heteroatoms. The van der Waals surface area contributed by atoms with Gasteiger partial charge >= 0.3 is 0 Å². The van der Waals surface area contributed by atoms with E-state index in [1.807, 2.05) is 17.2 Å². The van der Waals surface area contributed by atoms with Gasteiger partial charge in [-0.05, 0) is 115 Å². The number of morpholine rings is 1. The summed E-state index contributed by atoms with van der Waals surface area (Å²) in [4.78, 5) is 46.4.